The van der Waals surface area contributed by atoms with Crippen molar-refractivity contribution in [3.05, 3.63) is 30.7 Å². The third-order valence-corrected chi connectivity index (χ3v) is 3.57. The molecule has 0 fully saturated rings. The predicted octanol–water partition coefficient (Wildman–Crippen LogP) is 0.737. The first-order valence-electron chi connectivity index (χ1n) is 7.16. The first kappa shape index (κ1) is 14.9. The van der Waals surface area contributed by atoms with Crippen LogP contribution in [0.1, 0.15) is 6.42 Å². The molecule has 3 heterocycles. The Hall–Kier alpha value is -3.03. The molecule has 0 radical (unpaired) electrons. The Labute approximate surface area is 133 Å². The lowest BCUT2D eigenvalue weighted by Gasteiger charge is -2.18. The minimum absolute atomic E-state index is 0.257. The van der Waals surface area contributed by atoms with Gasteiger partial charge in [-0.2, -0.15) is 5.10 Å². The maximum Gasteiger partial charge on any atom is 0.219 e. The summed E-state index contributed by atoms with van der Waals surface area (Å²) < 4.78 is 1.70. The summed E-state index contributed by atoms with van der Waals surface area (Å²) in [6.07, 6.45) is 5.37. The second kappa shape index (κ2) is 5.99. The largest absolute Gasteiger partial charge is 0.370 e. The van der Waals surface area contributed by atoms with Crippen molar-refractivity contribution in [1.82, 2.24) is 24.7 Å². The van der Waals surface area contributed by atoms with E-state index in [1.807, 2.05) is 31.1 Å². The molecule has 0 saturated carbocycles. The molecule has 3 aromatic heterocycles. The lowest BCUT2D eigenvalue weighted by atomic mass is 10.2. The molecule has 118 valence electrons. The molecule has 0 spiro atoms. The Morgan fingerprint density at radius 2 is 2.04 bits per heavy atom. The van der Waals surface area contributed by atoms with Crippen molar-refractivity contribution in [3.63, 3.8) is 0 Å². The molecule has 0 aliphatic heterocycles. The number of hydrogen-bond acceptors (Lipinski definition) is 6. The van der Waals surface area contributed by atoms with Crippen molar-refractivity contribution in [2.24, 2.45) is 12.8 Å². The number of nitrogens with two attached hydrogens (primary N) is 1. The van der Waals surface area contributed by atoms with E-state index in [4.69, 9.17) is 5.73 Å². The fourth-order valence-corrected chi connectivity index (χ4v) is 2.31. The Kier molecular flexibility index (Phi) is 3.88. The highest BCUT2D eigenvalue weighted by Crippen LogP contribution is 2.26. The summed E-state index contributed by atoms with van der Waals surface area (Å²) in [5.41, 5.74) is 6.83. The van der Waals surface area contributed by atoms with Crippen LogP contribution >= 0.6 is 0 Å². The number of amides is 1. The van der Waals surface area contributed by atoms with Crippen LogP contribution in [-0.2, 0) is 11.8 Å². The summed E-state index contributed by atoms with van der Waals surface area (Å²) in [5.74, 6) is 0.961. The van der Waals surface area contributed by atoms with Crippen LogP contribution in [-0.4, -0.2) is 44.2 Å². The van der Waals surface area contributed by atoms with Crippen molar-refractivity contribution < 1.29 is 4.79 Å². The van der Waals surface area contributed by atoms with Gasteiger partial charge >= 0.3 is 0 Å². The van der Waals surface area contributed by atoms with Crippen LogP contribution in [0.15, 0.2) is 30.7 Å². The quantitative estimate of drug-likeness (QED) is 0.745. The molecule has 23 heavy (non-hydrogen) atoms. The standard InChI is InChI=1S/C15H17N7O/c1-21(8-5-12(16)23)14-11-9-18-22(2)15(11)20-13(19-14)10-3-6-17-7-4-10/h3-4,6-7,9H,5,8H2,1-2H3,(H2,16,23). The minimum atomic E-state index is -0.345. The minimum Gasteiger partial charge on any atom is -0.370 e. The van der Waals surface area contributed by atoms with Gasteiger partial charge in [-0.25, -0.2) is 9.97 Å². The SMILES string of the molecule is CN(CCC(N)=O)c1nc(-c2ccncc2)nc2c1cnn2C. The molecule has 0 aromatic carbocycles. The van der Waals surface area contributed by atoms with Crippen LogP contribution in [0.5, 0.6) is 0 Å². The Bertz CT molecular complexity index is 844. The second-order valence-electron chi connectivity index (χ2n) is 5.25. The number of rotatable bonds is 5. The van der Waals surface area contributed by atoms with Crippen molar-refractivity contribution >= 4 is 22.8 Å². The van der Waals surface area contributed by atoms with Crippen molar-refractivity contribution in [3.8, 4) is 11.4 Å². The fraction of sp³-hybridized carbons (Fsp3) is 0.267. The van der Waals surface area contributed by atoms with Crippen molar-refractivity contribution in [1.29, 1.82) is 0 Å². The van der Waals surface area contributed by atoms with Gasteiger partial charge in [0.2, 0.25) is 5.91 Å². The fourth-order valence-electron chi connectivity index (χ4n) is 2.31. The van der Waals surface area contributed by atoms with Crippen LogP contribution in [0.3, 0.4) is 0 Å². The van der Waals surface area contributed by atoms with E-state index >= 15 is 0 Å². The topological polar surface area (TPSA) is 103 Å². The van der Waals surface area contributed by atoms with E-state index in [1.54, 1.807) is 23.3 Å². The van der Waals surface area contributed by atoms with Crippen LogP contribution in [0, 0.1) is 0 Å². The van der Waals surface area contributed by atoms with Gasteiger partial charge in [0.15, 0.2) is 11.5 Å². The number of pyridine rings is 1. The maximum absolute atomic E-state index is 11.0. The highest BCUT2D eigenvalue weighted by molar-refractivity contribution is 5.88. The number of fused-ring (bicyclic) bond motifs is 1. The molecule has 3 rings (SSSR count). The first-order valence-corrected chi connectivity index (χ1v) is 7.16. The average Bonchev–Trinajstić information content (AvgIpc) is 2.94. The predicted molar refractivity (Wildman–Crippen MR) is 86.6 cm³/mol. The summed E-state index contributed by atoms with van der Waals surface area (Å²) >= 11 is 0. The average molecular weight is 311 g/mol. The van der Waals surface area contributed by atoms with Gasteiger partial charge in [0.25, 0.3) is 0 Å². The van der Waals surface area contributed by atoms with Gasteiger partial charge < -0.3 is 10.6 Å². The third-order valence-electron chi connectivity index (χ3n) is 3.57. The number of nitrogens with zero attached hydrogens (tertiary/aromatic N) is 6. The van der Waals surface area contributed by atoms with Crippen molar-refractivity contribution in [2.45, 2.75) is 6.42 Å². The highest BCUT2D eigenvalue weighted by Gasteiger charge is 2.16. The summed E-state index contributed by atoms with van der Waals surface area (Å²) in [4.78, 5) is 26.2. The molecule has 8 nitrogen and oxygen atoms in total. The molecule has 0 atom stereocenters. The zero-order chi connectivity index (χ0) is 16.4. The molecule has 0 aliphatic carbocycles. The lowest BCUT2D eigenvalue weighted by Crippen LogP contribution is -2.25. The number of aryl methyl sites for hydroxylation is 1. The number of anilines is 1. The van der Waals surface area contributed by atoms with Gasteiger partial charge in [-0.15, -0.1) is 0 Å². The van der Waals surface area contributed by atoms with Gasteiger partial charge in [-0.1, -0.05) is 0 Å². The molecule has 8 heteroatoms. The normalized spacial score (nSPS) is 10.9. The zero-order valence-electron chi connectivity index (χ0n) is 13.0. The van der Waals surface area contributed by atoms with Crippen LogP contribution in [0.2, 0.25) is 0 Å². The van der Waals surface area contributed by atoms with Crippen LogP contribution < -0.4 is 10.6 Å². The molecule has 0 saturated heterocycles. The number of hydrogen-bond donors (Lipinski definition) is 1. The molecule has 2 N–H and O–H groups in total. The molecule has 0 aliphatic rings. The lowest BCUT2D eigenvalue weighted by molar-refractivity contribution is -0.117. The molecule has 1 amide bonds. The van der Waals surface area contributed by atoms with E-state index in [9.17, 15) is 4.79 Å². The molecule has 0 unspecified atom stereocenters. The Morgan fingerprint density at radius 3 is 2.74 bits per heavy atom. The monoisotopic (exact) mass is 311 g/mol. The second-order valence-corrected chi connectivity index (χ2v) is 5.25. The van der Waals surface area contributed by atoms with Gasteiger partial charge in [-0.3, -0.25) is 14.5 Å². The van der Waals surface area contributed by atoms with Gasteiger partial charge in [0.05, 0.1) is 11.6 Å². The number of primary amides is 1. The molecular weight excluding hydrogens is 294 g/mol. The maximum atomic E-state index is 11.0. The van der Waals surface area contributed by atoms with E-state index in [2.05, 4.69) is 20.1 Å². The third kappa shape index (κ3) is 2.96. The Morgan fingerprint density at radius 1 is 1.30 bits per heavy atom. The van der Waals surface area contributed by atoms with Gasteiger partial charge in [-0.05, 0) is 12.1 Å². The summed E-state index contributed by atoms with van der Waals surface area (Å²) in [5, 5.41) is 5.08. The number of aromatic nitrogens is 5. The zero-order valence-corrected chi connectivity index (χ0v) is 13.0. The Balaban J connectivity index is 2.10. The highest BCUT2D eigenvalue weighted by atomic mass is 16.1. The van der Waals surface area contributed by atoms with Gasteiger partial charge in [0.1, 0.15) is 5.82 Å². The van der Waals surface area contributed by atoms with E-state index in [0.29, 0.717) is 12.4 Å². The smallest absolute Gasteiger partial charge is 0.219 e. The molecular formula is C15H17N7O. The summed E-state index contributed by atoms with van der Waals surface area (Å²) in [7, 11) is 3.70. The summed E-state index contributed by atoms with van der Waals surface area (Å²) in [6, 6.07) is 3.70. The summed E-state index contributed by atoms with van der Waals surface area (Å²) in [6.45, 7) is 0.478. The van der Waals surface area contributed by atoms with E-state index in [1.165, 1.54) is 0 Å². The van der Waals surface area contributed by atoms with Crippen LogP contribution in [0.25, 0.3) is 22.4 Å². The van der Waals surface area contributed by atoms with E-state index in [-0.39, 0.29) is 12.3 Å². The molecule has 3 aromatic rings. The number of carbonyl (C=O) groups excluding carboxylic acids is 1. The van der Waals surface area contributed by atoms with Gasteiger partial charge in [0, 0.05) is 45.0 Å². The van der Waals surface area contributed by atoms with E-state index in [0.717, 1.165) is 22.4 Å². The van der Waals surface area contributed by atoms with Crippen LogP contribution in [0.4, 0.5) is 5.82 Å². The number of carbonyl (C=O) groups is 1. The van der Waals surface area contributed by atoms with Crippen molar-refractivity contribution in [2.75, 3.05) is 18.5 Å². The first-order chi connectivity index (χ1) is 11.1. The molecule has 0 bridgehead atoms. The van der Waals surface area contributed by atoms with E-state index < -0.39 is 0 Å².